The maximum Gasteiger partial charge on any atom is 0.234 e. The van der Waals surface area contributed by atoms with E-state index in [2.05, 4.69) is 4.72 Å². The number of rotatable bonds is 5. The second-order valence-corrected chi connectivity index (χ2v) is 4.62. The molecular formula is C9H13NO3S. The maximum absolute atomic E-state index is 11.4. The Morgan fingerprint density at radius 3 is 2.50 bits per heavy atom. The summed E-state index contributed by atoms with van der Waals surface area (Å²) in [5, 5.41) is 0. The Kier molecular flexibility index (Phi) is 3.91. The van der Waals surface area contributed by atoms with Gasteiger partial charge in [0.25, 0.3) is 0 Å². The molecule has 0 atom stereocenters. The zero-order valence-corrected chi connectivity index (χ0v) is 8.75. The van der Waals surface area contributed by atoms with Crippen molar-refractivity contribution in [1.82, 2.24) is 0 Å². The molecule has 0 aliphatic heterocycles. The SMILES string of the molecule is COCCS(=O)(=O)Nc1ccccc1. The summed E-state index contributed by atoms with van der Waals surface area (Å²) in [6.45, 7) is 0.197. The molecule has 1 N–H and O–H groups in total. The lowest BCUT2D eigenvalue weighted by Gasteiger charge is -2.06. The third-order valence-electron chi connectivity index (χ3n) is 1.60. The first-order valence-corrected chi connectivity index (χ1v) is 5.84. The van der Waals surface area contributed by atoms with E-state index in [1.165, 1.54) is 7.11 Å². The second kappa shape index (κ2) is 4.97. The highest BCUT2D eigenvalue weighted by Gasteiger charge is 2.08. The highest BCUT2D eigenvalue weighted by atomic mass is 32.2. The van der Waals surface area contributed by atoms with Crippen LogP contribution in [0.1, 0.15) is 0 Å². The highest BCUT2D eigenvalue weighted by molar-refractivity contribution is 7.92. The minimum Gasteiger partial charge on any atom is -0.384 e. The molecule has 0 aliphatic carbocycles. The minimum absolute atomic E-state index is 0.0294. The fourth-order valence-corrected chi connectivity index (χ4v) is 1.91. The quantitative estimate of drug-likeness (QED) is 0.799. The van der Waals surface area contributed by atoms with Gasteiger partial charge in [0.2, 0.25) is 10.0 Å². The summed E-state index contributed by atoms with van der Waals surface area (Å²) in [4.78, 5) is 0. The number of anilines is 1. The van der Waals surface area contributed by atoms with E-state index in [1.54, 1.807) is 24.3 Å². The van der Waals surface area contributed by atoms with Crippen molar-refractivity contribution in [2.24, 2.45) is 0 Å². The number of ether oxygens (including phenoxy) is 1. The number of para-hydroxylation sites is 1. The number of sulfonamides is 1. The van der Waals surface area contributed by atoms with Gasteiger partial charge in [-0.15, -0.1) is 0 Å². The van der Waals surface area contributed by atoms with Gasteiger partial charge in [0.15, 0.2) is 0 Å². The smallest absolute Gasteiger partial charge is 0.234 e. The van der Waals surface area contributed by atoms with E-state index in [4.69, 9.17) is 4.74 Å². The minimum atomic E-state index is -3.27. The lowest BCUT2D eigenvalue weighted by molar-refractivity contribution is 0.217. The molecule has 0 aliphatic rings. The van der Waals surface area contributed by atoms with Gasteiger partial charge in [-0.3, -0.25) is 4.72 Å². The molecule has 0 amide bonds. The van der Waals surface area contributed by atoms with Crippen LogP contribution < -0.4 is 4.72 Å². The van der Waals surface area contributed by atoms with Crippen LogP contribution in [0.25, 0.3) is 0 Å². The summed E-state index contributed by atoms with van der Waals surface area (Å²) in [7, 11) is -1.80. The molecule has 0 unspecified atom stereocenters. The molecule has 0 saturated carbocycles. The number of nitrogens with one attached hydrogen (secondary N) is 1. The van der Waals surface area contributed by atoms with Crippen LogP contribution in [0.5, 0.6) is 0 Å². The highest BCUT2D eigenvalue weighted by Crippen LogP contribution is 2.07. The topological polar surface area (TPSA) is 55.4 Å². The van der Waals surface area contributed by atoms with Crippen LogP contribution in [0, 0.1) is 0 Å². The lowest BCUT2D eigenvalue weighted by Crippen LogP contribution is -2.19. The van der Waals surface area contributed by atoms with Crippen LogP contribution in [-0.4, -0.2) is 27.9 Å². The van der Waals surface area contributed by atoms with Crippen molar-refractivity contribution in [2.45, 2.75) is 0 Å². The fraction of sp³-hybridized carbons (Fsp3) is 0.333. The average molecular weight is 215 g/mol. The molecule has 4 nitrogen and oxygen atoms in total. The lowest BCUT2D eigenvalue weighted by atomic mass is 10.3. The Hall–Kier alpha value is -1.07. The average Bonchev–Trinajstić information content (AvgIpc) is 2.16. The Morgan fingerprint density at radius 1 is 1.29 bits per heavy atom. The summed E-state index contributed by atoms with van der Waals surface area (Å²) < 4.78 is 29.9. The van der Waals surface area contributed by atoms with E-state index >= 15 is 0 Å². The largest absolute Gasteiger partial charge is 0.384 e. The second-order valence-electron chi connectivity index (χ2n) is 2.78. The van der Waals surface area contributed by atoms with Gasteiger partial charge in [-0.2, -0.15) is 0 Å². The van der Waals surface area contributed by atoms with Crippen molar-refractivity contribution < 1.29 is 13.2 Å². The predicted molar refractivity (Wildman–Crippen MR) is 55.7 cm³/mol. The molecule has 1 aromatic rings. The number of benzene rings is 1. The first kappa shape index (κ1) is 11.0. The molecule has 0 radical (unpaired) electrons. The van der Waals surface area contributed by atoms with E-state index in [1.807, 2.05) is 6.07 Å². The van der Waals surface area contributed by atoms with Crippen LogP contribution in [0.4, 0.5) is 5.69 Å². The molecule has 1 aromatic carbocycles. The zero-order chi connectivity index (χ0) is 10.4. The van der Waals surface area contributed by atoms with Gasteiger partial charge in [0.05, 0.1) is 12.4 Å². The molecule has 14 heavy (non-hydrogen) atoms. The number of hydrogen-bond acceptors (Lipinski definition) is 3. The monoisotopic (exact) mass is 215 g/mol. The van der Waals surface area contributed by atoms with Gasteiger partial charge >= 0.3 is 0 Å². The standard InChI is InChI=1S/C9H13NO3S/c1-13-7-8-14(11,12)10-9-5-3-2-4-6-9/h2-6,10H,7-8H2,1H3. The van der Waals surface area contributed by atoms with Crippen molar-refractivity contribution in [3.8, 4) is 0 Å². The normalized spacial score (nSPS) is 11.2. The van der Waals surface area contributed by atoms with Gasteiger partial charge in [0.1, 0.15) is 0 Å². The molecule has 5 heteroatoms. The van der Waals surface area contributed by atoms with Crippen molar-refractivity contribution in [2.75, 3.05) is 24.2 Å². The molecule has 0 bridgehead atoms. The van der Waals surface area contributed by atoms with Crippen molar-refractivity contribution in [1.29, 1.82) is 0 Å². The molecule has 0 saturated heterocycles. The van der Waals surface area contributed by atoms with E-state index in [0.717, 1.165) is 0 Å². The molecule has 0 heterocycles. The van der Waals surface area contributed by atoms with Crippen LogP contribution in [-0.2, 0) is 14.8 Å². The number of hydrogen-bond donors (Lipinski definition) is 1. The molecule has 1 rings (SSSR count). The van der Waals surface area contributed by atoms with Crippen LogP contribution in [0.15, 0.2) is 30.3 Å². The Bertz CT molecular complexity index is 361. The van der Waals surface area contributed by atoms with Gasteiger partial charge < -0.3 is 4.74 Å². The van der Waals surface area contributed by atoms with E-state index < -0.39 is 10.0 Å². The van der Waals surface area contributed by atoms with E-state index in [-0.39, 0.29) is 12.4 Å². The van der Waals surface area contributed by atoms with Gasteiger partial charge in [-0.1, -0.05) is 18.2 Å². The zero-order valence-electron chi connectivity index (χ0n) is 7.93. The first-order chi connectivity index (χ1) is 6.64. The Labute approximate surface area is 84.0 Å². The van der Waals surface area contributed by atoms with Crippen LogP contribution in [0.2, 0.25) is 0 Å². The van der Waals surface area contributed by atoms with E-state index in [0.29, 0.717) is 5.69 Å². The number of methoxy groups -OCH3 is 1. The summed E-state index contributed by atoms with van der Waals surface area (Å²) in [5.41, 5.74) is 0.573. The summed E-state index contributed by atoms with van der Waals surface area (Å²) >= 11 is 0. The Balaban J connectivity index is 2.60. The van der Waals surface area contributed by atoms with Crippen LogP contribution >= 0.6 is 0 Å². The van der Waals surface area contributed by atoms with E-state index in [9.17, 15) is 8.42 Å². The van der Waals surface area contributed by atoms with Crippen molar-refractivity contribution >= 4 is 15.7 Å². The molecule has 78 valence electrons. The molecule has 0 aromatic heterocycles. The van der Waals surface area contributed by atoms with Crippen molar-refractivity contribution in [3.05, 3.63) is 30.3 Å². The molecule has 0 spiro atoms. The summed E-state index contributed by atoms with van der Waals surface area (Å²) in [6, 6.07) is 8.77. The summed E-state index contributed by atoms with van der Waals surface area (Å²) in [5.74, 6) is -0.0294. The summed E-state index contributed by atoms with van der Waals surface area (Å²) in [6.07, 6.45) is 0. The molecule has 0 fully saturated rings. The van der Waals surface area contributed by atoms with Gasteiger partial charge in [-0.05, 0) is 12.1 Å². The molecular weight excluding hydrogens is 202 g/mol. The van der Waals surface area contributed by atoms with Gasteiger partial charge in [-0.25, -0.2) is 8.42 Å². The predicted octanol–water partition coefficient (Wildman–Crippen LogP) is 1.07. The first-order valence-electron chi connectivity index (χ1n) is 4.18. The fourth-order valence-electron chi connectivity index (χ4n) is 0.930. The Morgan fingerprint density at radius 2 is 1.93 bits per heavy atom. The van der Waals surface area contributed by atoms with Gasteiger partial charge in [0, 0.05) is 12.8 Å². The van der Waals surface area contributed by atoms with Crippen molar-refractivity contribution in [3.63, 3.8) is 0 Å². The maximum atomic E-state index is 11.4. The third-order valence-corrected chi connectivity index (χ3v) is 2.85. The third kappa shape index (κ3) is 3.76. The van der Waals surface area contributed by atoms with Crippen LogP contribution in [0.3, 0.4) is 0 Å².